The van der Waals surface area contributed by atoms with Crippen LogP contribution in [0.5, 0.6) is 0 Å². The zero-order chi connectivity index (χ0) is 28.8. The molecule has 0 radical (unpaired) electrons. The molecule has 15 heteroatoms. The lowest BCUT2D eigenvalue weighted by Gasteiger charge is -2.49. The molecule has 1 aliphatic carbocycles. The van der Waals surface area contributed by atoms with Gasteiger partial charge in [0.2, 0.25) is 6.41 Å². The van der Waals surface area contributed by atoms with Crippen molar-refractivity contribution in [1.29, 1.82) is 0 Å². The second-order valence-electron chi connectivity index (χ2n) is 8.91. The summed E-state index contributed by atoms with van der Waals surface area (Å²) in [4.78, 5) is 64.5. The minimum Gasteiger partial charge on any atom is -0.477 e. The van der Waals surface area contributed by atoms with Crippen molar-refractivity contribution in [3.63, 3.8) is 0 Å². The number of hydrogen-bond acceptors (Lipinski definition) is 11. The van der Waals surface area contributed by atoms with E-state index in [1.54, 1.807) is 17.8 Å². The van der Waals surface area contributed by atoms with Gasteiger partial charge in [0.15, 0.2) is 10.8 Å². The van der Waals surface area contributed by atoms with Gasteiger partial charge < -0.3 is 20.6 Å². The van der Waals surface area contributed by atoms with Gasteiger partial charge in [-0.3, -0.25) is 24.3 Å². The van der Waals surface area contributed by atoms with Crippen LogP contribution < -0.4 is 10.6 Å². The highest BCUT2D eigenvalue weighted by molar-refractivity contribution is 8.02. The van der Waals surface area contributed by atoms with Gasteiger partial charge in [0.1, 0.15) is 28.9 Å². The number of anilines is 1. The number of thiazole rings is 1. The predicted molar refractivity (Wildman–Crippen MR) is 157 cm³/mol. The van der Waals surface area contributed by atoms with Gasteiger partial charge in [-0.25, -0.2) is 9.78 Å². The highest BCUT2D eigenvalue weighted by atomic mass is 32.2. The largest absolute Gasteiger partial charge is 0.477 e. The summed E-state index contributed by atoms with van der Waals surface area (Å²) in [6, 6.07) is 2.78. The first kappa shape index (κ1) is 28.6. The number of fused-ring (bicyclic) bond motifs is 1. The molecule has 2 aliphatic heterocycles. The lowest BCUT2D eigenvalue weighted by Crippen LogP contribution is -2.71. The molecule has 4 heterocycles. The molecule has 0 spiro atoms. The Hall–Kier alpha value is -3.95. The Bertz CT molecular complexity index is 1460. The van der Waals surface area contributed by atoms with Crippen LogP contribution in [0, 0.1) is 0 Å². The second-order valence-corrected chi connectivity index (χ2v) is 11.8. The number of rotatable bonds is 12. The van der Waals surface area contributed by atoms with Crippen molar-refractivity contribution in [2.75, 3.05) is 16.8 Å². The first-order chi connectivity index (χ1) is 20.0. The maximum absolute atomic E-state index is 13.3. The Kier molecular flexibility index (Phi) is 9.16. The van der Waals surface area contributed by atoms with Crippen molar-refractivity contribution in [2.24, 2.45) is 5.16 Å². The van der Waals surface area contributed by atoms with E-state index in [0.29, 0.717) is 29.9 Å². The van der Waals surface area contributed by atoms with Crippen LogP contribution in [0.1, 0.15) is 24.1 Å². The first-order valence-electron chi connectivity index (χ1n) is 12.4. The van der Waals surface area contributed by atoms with Crippen LogP contribution in [-0.2, 0) is 24.0 Å². The third kappa shape index (κ3) is 6.52. The van der Waals surface area contributed by atoms with Crippen LogP contribution in [0.15, 0.2) is 63.9 Å². The number of β-lactam (4-membered cyclic amide) rings is 1. The smallest absolute Gasteiger partial charge is 0.352 e. The number of carbonyl (C=O) groups excluding carboxylic acids is 3. The van der Waals surface area contributed by atoms with Crippen molar-refractivity contribution in [1.82, 2.24) is 20.2 Å². The number of hydrogen-bond donors (Lipinski definition) is 3. The fourth-order valence-corrected chi connectivity index (χ4v) is 7.19. The highest BCUT2D eigenvalue weighted by Gasteiger charge is 2.54. The Morgan fingerprint density at radius 2 is 2.24 bits per heavy atom. The van der Waals surface area contributed by atoms with Crippen LogP contribution >= 0.6 is 34.9 Å². The molecule has 12 nitrogen and oxygen atoms in total. The van der Waals surface area contributed by atoms with Gasteiger partial charge in [-0.15, -0.1) is 34.9 Å². The van der Waals surface area contributed by atoms with Gasteiger partial charge in [-0.2, -0.15) is 0 Å². The number of carbonyl (C=O) groups is 4. The van der Waals surface area contributed by atoms with Gasteiger partial charge in [0.25, 0.3) is 11.8 Å². The monoisotopic (exact) mass is 612 g/mol. The summed E-state index contributed by atoms with van der Waals surface area (Å²) in [5.74, 6) is -1.64. The Balaban J connectivity index is 1.28. The van der Waals surface area contributed by atoms with Crippen LogP contribution in [0.25, 0.3) is 6.08 Å². The molecule has 212 valence electrons. The van der Waals surface area contributed by atoms with E-state index in [2.05, 4.69) is 25.8 Å². The van der Waals surface area contributed by atoms with Gasteiger partial charge in [-0.1, -0.05) is 17.3 Å². The molecule has 5 rings (SSSR count). The second kappa shape index (κ2) is 13.1. The number of amides is 3. The average molecular weight is 613 g/mol. The summed E-state index contributed by atoms with van der Waals surface area (Å²) in [6.07, 6.45) is 10.8. The van der Waals surface area contributed by atoms with Crippen LogP contribution in [0.3, 0.4) is 0 Å². The summed E-state index contributed by atoms with van der Waals surface area (Å²) in [6.45, 7) is 0. The average Bonchev–Trinajstić information content (AvgIpc) is 3.67. The number of oxime groups is 1. The van der Waals surface area contributed by atoms with E-state index in [9.17, 15) is 24.3 Å². The molecular weight excluding hydrogens is 589 g/mol. The molecule has 2 unspecified atom stereocenters. The number of pyridine rings is 1. The number of nitrogens with zero attached hydrogens (tertiary/aromatic N) is 4. The number of carboxylic acids is 1. The highest BCUT2D eigenvalue weighted by Crippen LogP contribution is 2.41. The zero-order valence-corrected chi connectivity index (χ0v) is 23.8. The number of aromatic nitrogens is 2. The van der Waals surface area contributed by atoms with E-state index >= 15 is 0 Å². The SMILES string of the molecule is O=CNc1nc(C(=NOC2C=CCC2)C(=O)NC2C(=O)N3C(C(=O)O)=C(CS/C=C\c4cccnc4)CS[C@H]23)cs1. The van der Waals surface area contributed by atoms with Crippen molar-refractivity contribution >= 4 is 76.0 Å². The number of aliphatic carboxylic acids is 1. The van der Waals surface area contributed by atoms with Gasteiger partial charge in [-0.05, 0) is 47.6 Å². The molecule has 3 aliphatic rings. The van der Waals surface area contributed by atoms with Crippen molar-refractivity contribution in [3.05, 3.63) is 70.0 Å². The van der Waals surface area contributed by atoms with Gasteiger partial charge >= 0.3 is 5.97 Å². The molecule has 3 atom stereocenters. The summed E-state index contributed by atoms with van der Waals surface area (Å²) >= 11 is 3.90. The molecule has 41 heavy (non-hydrogen) atoms. The molecule has 0 bridgehead atoms. The number of allylic oxidation sites excluding steroid dienone is 1. The maximum atomic E-state index is 13.3. The van der Waals surface area contributed by atoms with Crippen LogP contribution in [0.2, 0.25) is 0 Å². The quantitative estimate of drug-likeness (QED) is 0.107. The van der Waals surface area contributed by atoms with E-state index in [-0.39, 0.29) is 28.3 Å². The molecule has 0 aromatic carbocycles. The van der Waals surface area contributed by atoms with Crippen LogP contribution in [-0.4, -0.2) is 78.9 Å². The van der Waals surface area contributed by atoms with Gasteiger partial charge in [0, 0.05) is 29.3 Å². The fourth-order valence-electron chi connectivity index (χ4n) is 4.27. The molecular formula is C26H24N6O6S3. The maximum Gasteiger partial charge on any atom is 0.352 e. The van der Waals surface area contributed by atoms with E-state index in [4.69, 9.17) is 4.84 Å². The topological polar surface area (TPSA) is 163 Å². The molecule has 1 saturated heterocycles. The zero-order valence-electron chi connectivity index (χ0n) is 21.3. The molecule has 2 aromatic heterocycles. The van der Waals surface area contributed by atoms with E-state index in [1.165, 1.54) is 28.4 Å². The van der Waals surface area contributed by atoms with E-state index < -0.39 is 29.2 Å². The Labute approximate surface area is 247 Å². The molecule has 3 amide bonds. The summed E-state index contributed by atoms with van der Waals surface area (Å²) in [5, 5.41) is 22.2. The summed E-state index contributed by atoms with van der Waals surface area (Å²) in [5.41, 5.74) is 1.50. The predicted octanol–water partition coefficient (Wildman–Crippen LogP) is 2.69. The standard InChI is InChI=1S/C26H24N6O6S3/c33-14-28-26-29-18(13-41-26)19(31-38-17-5-1-2-6-17)22(34)30-20-23(35)32-21(25(36)37)16(12-40-24(20)32)11-39-9-7-15-4-3-8-27-10-15/h1,3-5,7-10,13-14,17,20,24H,2,6,11-12H2,(H,30,34)(H,36,37)(H,28,29,33)/b9-7-,31-19?/t17?,20?,24-/m1/s1. The van der Waals surface area contributed by atoms with Gasteiger partial charge in [0.05, 0.1) is 0 Å². The lowest BCUT2D eigenvalue weighted by atomic mass is 10.0. The third-order valence-electron chi connectivity index (χ3n) is 6.23. The summed E-state index contributed by atoms with van der Waals surface area (Å²) < 4.78 is 0. The number of nitrogens with one attached hydrogen (secondary N) is 2. The van der Waals surface area contributed by atoms with Crippen molar-refractivity contribution < 1.29 is 29.1 Å². The van der Waals surface area contributed by atoms with E-state index in [0.717, 1.165) is 23.3 Å². The molecule has 0 saturated carbocycles. The van der Waals surface area contributed by atoms with Crippen molar-refractivity contribution in [3.8, 4) is 0 Å². The normalized spacial score (nSPS) is 22.0. The Morgan fingerprint density at radius 3 is 2.98 bits per heavy atom. The fraction of sp³-hybridized carbons (Fsp3) is 0.269. The lowest BCUT2D eigenvalue weighted by molar-refractivity contribution is -0.150. The van der Waals surface area contributed by atoms with Crippen molar-refractivity contribution in [2.45, 2.75) is 30.4 Å². The number of thioether (sulfide) groups is 2. The third-order valence-corrected chi connectivity index (χ3v) is 9.18. The Morgan fingerprint density at radius 1 is 1.37 bits per heavy atom. The molecule has 2 aromatic rings. The summed E-state index contributed by atoms with van der Waals surface area (Å²) in [7, 11) is 0. The minimum atomic E-state index is -1.20. The number of carboxylic acid groups (broad SMARTS) is 1. The molecule has 3 N–H and O–H groups in total. The molecule has 1 fully saturated rings. The van der Waals surface area contributed by atoms with Crippen LogP contribution in [0.4, 0.5) is 5.13 Å². The minimum absolute atomic E-state index is 0.0548. The van der Waals surface area contributed by atoms with E-state index in [1.807, 2.05) is 35.8 Å². The first-order valence-corrected chi connectivity index (χ1v) is 15.4.